The van der Waals surface area contributed by atoms with Gasteiger partial charge in [-0.2, -0.15) is 5.10 Å². The molecule has 1 heterocycles. The van der Waals surface area contributed by atoms with Crippen LogP contribution in [-0.4, -0.2) is 21.5 Å². The van der Waals surface area contributed by atoms with Crippen molar-refractivity contribution in [2.45, 2.75) is 6.92 Å². The lowest BCUT2D eigenvalue weighted by molar-refractivity contribution is 0.101. The lowest BCUT2D eigenvalue weighted by atomic mass is 10.1. The minimum atomic E-state index is -0.426. The monoisotopic (exact) mass is 323 g/mol. The molecule has 0 aliphatic carbocycles. The van der Waals surface area contributed by atoms with Gasteiger partial charge in [-0.3, -0.25) is 9.59 Å². The second-order valence-electron chi connectivity index (χ2n) is 5.18. The molecule has 3 aromatic rings. The molecule has 0 radical (unpaired) electrons. The molecule has 0 unspecified atom stereocenters. The van der Waals surface area contributed by atoms with E-state index in [1.54, 1.807) is 48.7 Å². The van der Waals surface area contributed by atoms with Gasteiger partial charge in [0.15, 0.2) is 11.5 Å². The number of halogens is 1. The first kappa shape index (κ1) is 15.6. The number of benzene rings is 2. The Morgan fingerprint density at radius 3 is 2.46 bits per heavy atom. The van der Waals surface area contributed by atoms with E-state index >= 15 is 0 Å². The van der Waals surface area contributed by atoms with Gasteiger partial charge in [0.2, 0.25) is 0 Å². The van der Waals surface area contributed by atoms with Crippen molar-refractivity contribution in [1.29, 1.82) is 0 Å². The van der Waals surface area contributed by atoms with Gasteiger partial charge in [-0.05, 0) is 49.4 Å². The van der Waals surface area contributed by atoms with Crippen LogP contribution in [0.5, 0.6) is 0 Å². The van der Waals surface area contributed by atoms with E-state index in [1.165, 1.54) is 23.7 Å². The summed E-state index contributed by atoms with van der Waals surface area (Å²) >= 11 is 0. The number of Topliss-reactive ketones (excluding diaryl/α,β-unsaturated/α-hetero) is 1. The molecule has 1 aromatic heterocycles. The number of amides is 1. The zero-order chi connectivity index (χ0) is 17.1. The molecule has 24 heavy (non-hydrogen) atoms. The van der Waals surface area contributed by atoms with Gasteiger partial charge in [0.05, 0.1) is 11.4 Å². The van der Waals surface area contributed by atoms with E-state index in [0.29, 0.717) is 16.9 Å². The van der Waals surface area contributed by atoms with E-state index in [2.05, 4.69) is 10.4 Å². The fourth-order valence-corrected chi connectivity index (χ4v) is 2.27. The predicted molar refractivity (Wildman–Crippen MR) is 87.9 cm³/mol. The minimum absolute atomic E-state index is 0.136. The average molecular weight is 323 g/mol. The molecule has 1 amide bonds. The molecule has 0 spiro atoms. The number of hydrogen-bond donors (Lipinski definition) is 1. The Morgan fingerprint density at radius 2 is 1.75 bits per heavy atom. The summed E-state index contributed by atoms with van der Waals surface area (Å²) in [5, 5.41) is 6.86. The van der Waals surface area contributed by atoms with Crippen molar-refractivity contribution in [3.05, 3.63) is 77.9 Å². The number of nitrogens with zero attached hydrogens (tertiary/aromatic N) is 2. The summed E-state index contributed by atoms with van der Waals surface area (Å²) in [6.07, 6.45) is 1.61. The third-order valence-electron chi connectivity index (χ3n) is 3.47. The number of rotatable bonds is 4. The van der Waals surface area contributed by atoms with Crippen molar-refractivity contribution < 1.29 is 14.0 Å². The van der Waals surface area contributed by atoms with Crippen molar-refractivity contribution in [3.63, 3.8) is 0 Å². The van der Waals surface area contributed by atoms with Crippen LogP contribution in [0.2, 0.25) is 0 Å². The number of hydrogen-bond acceptors (Lipinski definition) is 3. The molecular formula is C18H14FN3O2. The highest BCUT2D eigenvalue weighted by Gasteiger charge is 2.14. The van der Waals surface area contributed by atoms with Crippen LogP contribution in [0.25, 0.3) is 5.69 Å². The van der Waals surface area contributed by atoms with Crippen LogP contribution < -0.4 is 5.32 Å². The van der Waals surface area contributed by atoms with Crippen LogP contribution in [0.1, 0.15) is 27.8 Å². The van der Waals surface area contributed by atoms with Crippen LogP contribution in [-0.2, 0) is 0 Å². The molecular weight excluding hydrogens is 309 g/mol. The summed E-state index contributed by atoms with van der Waals surface area (Å²) < 4.78 is 14.4. The lowest BCUT2D eigenvalue weighted by Gasteiger charge is -2.07. The van der Waals surface area contributed by atoms with Crippen molar-refractivity contribution in [3.8, 4) is 5.69 Å². The first-order chi connectivity index (χ1) is 11.5. The quantitative estimate of drug-likeness (QED) is 0.748. The number of aromatic nitrogens is 2. The standard InChI is InChI=1S/C18H14FN3O2/c1-12(23)15-4-2-3-5-16(15)20-18(24)17-10-11-22(21-17)14-8-6-13(19)7-9-14/h2-11H,1H3,(H,20,24). The largest absolute Gasteiger partial charge is 0.320 e. The molecule has 5 nitrogen and oxygen atoms in total. The fourth-order valence-electron chi connectivity index (χ4n) is 2.27. The van der Waals surface area contributed by atoms with Crippen LogP contribution in [0.4, 0.5) is 10.1 Å². The van der Waals surface area contributed by atoms with E-state index in [0.717, 1.165) is 0 Å². The topological polar surface area (TPSA) is 64.0 Å². The Hall–Kier alpha value is -3.28. The van der Waals surface area contributed by atoms with Gasteiger partial charge in [0.25, 0.3) is 5.91 Å². The van der Waals surface area contributed by atoms with E-state index in [4.69, 9.17) is 0 Å². The van der Waals surface area contributed by atoms with E-state index in [1.807, 2.05) is 0 Å². The smallest absolute Gasteiger partial charge is 0.276 e. The molecule has 0 aliphatic heterocycles. The summed E-state index contributed by atoms with van der Waals surface area (Å²) in [6.45, 7) is 1.44. The number of carbonyl (C=O) groups excluding carboxylic acids is 2. The maximum absolute atomic E-state index is 13.0. The molecule has 0 saturated heterocycles. The molecule has 0 bridgehead atoms. The highest BCUT2D eigenvalue weighted by atomic mass is 19.1. The lowest BCUT2D eigenvalue weighted by Crippen LogP contribution is -2.15. The van der Waals surface area contributed by atoms with Crippen molar-refractivity contribution in [1.82, 2.24) is 9.78 Å². The van der Waals surface area contributed by atoms with Crippen molar-refractivity contribution in [2.24, 2.45) is 0 Å². The average Bonchev–Trinajstić information content (AvgIpc) is 3.06. The first-order valence-electron chi connectivity index (χ1n) is 7.27. The van der Waals surface area contributed by atoms with Crippen molar-refractivity contribution in [2.75, 3.05) is 5.32 Å². The zero-order valence-corrected chi connectivity index (χ0v) is 12.9. The Kier molecular flexibility index (Phi) is 4.20. The Morgan fingerprint density at radius 1 is 1.04 bits per heavy atom. The summed E-state index contributed by atoms with van der Waals surface area (Å²) in [7, 11) is 0. The van der Waals surface area contributed by atoms with Gasteiger partial charge in [-0.1, -0.05) is 12.1 Å². The van der Waals surface area contributed by atoms with Gasteiger partial charge < -0.3 is 5.32 Å². The summed E-state index contributed by atoms with van der Waals surface area (Å²) in [5.74, 6) is -0.906. The van der Waals surface area contributed by atoms with Gasteiger partial charge in [0.1, 0.15) is 5.82 Å². The van der Waals surface area contributed by atoms with Gasteiger partial charge >= 0.3 is 0 Å². The number of anilines is 1. The first-order valence-corrected chi connectivity index (χ1v) is 7.27. The molecule has 120 valence electrons. The third-order valence-corrected chi connectivity index (χ3v) is 3.47. The van der Waals surface area contributed by atoms with E-state index in [-0.39, 0.29) is 17.3 Å². The van der Waals surface area contributed by atoms with Gasteiger partial charge in [-0.15, -0.1) is 0 Å². The Bertz CT molecular complexity index is 901. The molecule has 0 fully saturated rings. The minimum Gasteiger partial charge on any atom is -0.320 e. The van der Waals surface area contributed by atoms with Crippen LogP contribution in [0, 0.1) is 5.82 Å². The molecule has 1 N–H and O–H groups in total. The predicted octanol–water partition coefficient (Wildman–Crippen LogP) is 3.47. The summed E-state index contributed by atoms with van der Waals surface area (Å²) in [4.78, 5) is 23.9. The van der Waals surface area contributed by atoms with Crippen molar-refractivity contribution >= 4 is 17.4 Å². The molecule has 6 heteroatoms. The second-order valence-corrected chi connectivity index (χ2v) is 5.18. The summed E-state index contributed by atoms with van der Waals surface area (Å²) in [5.41, 5.74) is 1.70. The molecule has 0 aliphatic rings. The molecule has 3 rings (SSSR count). The highest BCUT2D eigenvalue weighted by molar-refractivity contribution is 6.08. The normalized spacial score (nSPS) is 10.4. The maximum Gasteiger partial charge on any atom is 0.276 e. The highest BCUT2D eigenvalue weighted by Crippen LogP contribution is 2.17. The maximum atomic E-state index is 13.0. The van der Waals surface area contributed by atoms with Crippen LogP contribution >= 0.6 is 0 Å². The molecule has 2 aromatic carbocycles. The SMILES string of the molecule is CC(=O)c1ccccc1NC(=O)c1ccn(-c2ccc(F)cc2)n1. The number of para-hydroxylation sites is 1. The van der Waals surface area contributed by atoms with E-state index < -0.39 is 5.91 Å². The second kappa shape index (κ2) is 6.45. The number of carbonyl (C=O) groups is 2. The fraction of sp³-hybridized carbons (Fsp3) is 0.0556. The van der Waals surface area contributed by atoms with Gasteiger partial charge in [0, 0.05) is 11.8 Å². The van der Waals surface area contributed by atoms with Crippen LogP contribution in [0.3, 0.4) is 0 Å². The third kappa shape index (κ3) is 3.22. The molecule has 0 saturated carbocycles. The summed E-state index contributed by atoms with van der Waals surface area (Å²) in [6, 6.07) is 14.1. The number of nitrogens with one attached hydrogen (secondary N) is 1. The van der Waals surface area contributed by atoms with E-state index in [9.17, 15) is 14.0 Å². The molecule has 0 atom stereocenters. The van der Waals surface area contributed by atoms with Gasteiger partial charge in [-0.25, -0.2) is 9.07 Å². The Labute approximate surface area is 137 Å². The zero-order valence-electron chi connectivity index (χ0n) is 12.9. The number of ketones is 1. The Balaban J connectivity index is 1.82. The van der Waals surface area contributed by atoms with Crippen LogP contribution in [0.15, 0.2) is 60.8 Å².